The normalized spacial score (nSPS) is 27.0. The van der Waals surface area contributed by atoms with Crippen LogP contribution in [0.15, 0.2) is 0 Å². The lowest BCUT2D eigenvalue weighted by Gasteiger charge is -2.27. The minimum atomic E-state index is -0.553. The molecule has 3 nitrogen and oxygen atoms in total. The highest BCUT2D eigenvalue weighted by atomic mass is 16.7. The van der Waals surface area contributed by atoms with Gasteiger partial charge in [0.2, 0.25) is 0 Å². The van der Waals surface area contributed by atoms with Crippen molar-refractivity contribution in [1.82, 2.24) is 0 Å². The Morgan fingerprint density at radius 3 is 2.29 bits per heavy atom. The number of carbonyl (C=O) groups is 1. The molecule has 1 saturated carbocycles. The molecule has 0 aliphatic heterocycles. The molecule has 0 aromatic carbocycles. The van der Waals surface area contributed by atoms with Crippen LogP contribution in [0.5, 0.6) is 0 Å². The van der Waals surface area contributed by atoms with Crippen molar-refractivity contribution < 1.29 is 14.3 Å². The van der Waals surface area contributed by atoms with Gasteiger partial charge in [0.05, 0.1) is 13.7 Å². The van der Waals surface area contributed by atoms with Crippen molar-refractivity contribution in [3.8, 4) is 0 Å². The SMILES string of the molecule is CCC1CCC(COC(=O)OC)CC1. The smallest absolute Gasteiger partial charge is 0.438 e. The van der Waals surface area contributed by atoms with Gasteiger partial charge in [-0.25, -0.2) is 4.79 Å². The second-order valence-electron chi connectivity index (χ2n) is 4.06. The zero-order chi connectivity index (χ0) is 10.4. The molecule has 0 atom stereocenters. The molecule has 0 saturated heterocycles. The van der Waals surface area contributed by atoms with Crippen LogP contribution in [0.3, 0.4) is 0 Å². The standard InChI is InChI=1S/C11H20O3/c1-3-9-4-6-10(7-5-9)8-14-11(12)13-2/h9-10H,3-8H2,1-2H3. The van der Waals surface area contributed by atoms with E-state index in [1.807, 2.05) is 0 Å². The number of methoxy groups -OCH3 is 1. The fourth-order valence-electron chi connectivity index (χ4n) is 2.05. The summed E-state index contributed by atoms with van der Waals surface area (Å²) >= 11 is 0. The number of rotatable bonds is 3. The van der Waals surface area contributed by atoms with E-state index in [2.05, 4.69) is 11.7 Å². The predicted octanol–water partition coefficient (Wildman–Crippen LogP) is 2.99. The number of hydrogen-bond acceptors (Lipinski definition) is 3. The summed E-state index contributed by atoms with van der Waals surface area (Å²) < 4.78 is 9.36. The van der Waals surface area contributed by atoms with Crippen molar-refractivity contribution in [3.63, 3.8) is 0 Å². The van der Waals surface area contributed by atoms with E-state index in [1.54, 1.807) is 0 Å². The van der Waals surface area contributed by atoms with Crippen LogP contribution in [0.25, 0.3) is 0 Å². The third-order valence-corrected chi connectivity index (χ3v) is 3.15. The van der Waals surface area contributed by atoms with Gasteiger partial charge in [-0.15, -0.1) is 0 Å². The van der Waals surface area contributed by atoms with Gasteiger partial charge in [0.25, 0.3) is 0 Å². The Balaban J connectivity index is 2.13. The van der Waals surface area contributed by atoms with E-state index in [1.165, 1.54) is 39.2 Å². The molecular formula is C11H20O3. The summed E-state index contributed by atoms with van der Waals surface area (Å²) in [4.78, 5) is 10.7. The zero-order valence-electron chi connectivity index (χ0n) is 9.12. The molecule has 0 radical (unpaired) electrons. The maximum Gasteiger partial charge on any atom is 0.507 e. The Bertz CT molecular complexity index is 171. The molecule has 0 aromatic rings. The second-order valence-corrected chi connectivity index (χ2v) is 4.06. The summed E-state index contributed by atoms with van der Waals surface area (Å²) in [6.45, 7) is 2.78. The fraction of sp³-hybridized carbons (Fsp3) is 0.909. The van der Waals surface area contributed by atoms with Crippen molar-refractivity contribution in [3.05, 3.63) is 0 Å². The summed E-state index contributed by atoms with van der Waals surface area (Å²) in [5, 5.41) is 0. The molecular weight excluding hydrogens is 180 g/mol. The number of carbonyl (C=O) groups excluding carboxylic acids is 1. The fourth-order valence-corrected chi connectivity index (χ4v) is 2.05. The minimum Gasteiger partial charge on any atom is -0.438 e. The van der Waals surface area contributed by atoms with Crippen LogP contribution in [0.4, 0.5) is 4.79 Å². The summed E-state index contributed by atoms with van der Waals surface area (Å²) in [6, 6.07) is 0. The molecule has 1 aliphatic rings. The van der Waals surface area contributed by atoms with Crippen molar-refractivity contribution in [2.24, 2.45) is 11.8 Å². The van der Waals surface area contributed by atoms with E-state index in [0.717, 1.165) is 5.92 Å². The molecule has 14 heavy (non-hydrogen) atoms. The highest BCUT2D eigenvalue weighted by Crippen LogP contribution is 2.30. The maximum atomic E-state index is 10.7. The van der Waals surface area contributed by atoms with Gasteiger partial charge >= 0.3 is 6.16 Å². The molecule has 0 N–H and O–H groups in total. The first-order valence-corrected chi connectivity index (χ1v) is 5.47. The quantitative estimate of drug-likeness (QED) is 0.657. The van der Waals surface area contributed by atoms with Crippen molar-refractivity contribution in [1.29, 1.82) is 0 Å². The molecule has 0 amide bonds. The van der Waals surface area contributed by atoms with E-state index in [0.29, 0.717) is 12.5 Å². The van der Waals surface area contributed by atoms with E-state index < -0.39 is 6.16 Å². The van der Waals surface area contributed by atoms with Gasteiger partial charge in [-0.05, 0) is 24.7 Å². The van der Waals surface area contributed by atoms with Gasteiger partial charge < -0.3 is 9.47 Å². The van der Waals surface area contributed by atoms with Crippen molar-refractivity contribution in [2.45, 2.75) is 39.0 Å². The van der Waals surface area contributed by atoms with Gasteiger partial charge in [0, 0.05) is 0 Å². The second kappa shape index (κ2) is 5.89. The highest BCUT2D eigenvalue weighted by Gasteiger charge is 2.21. The summed E-state index contributed by atoms with van der Waals surface area (Å²) in [5.74, 6) is 1.45. The monoisotopic (exact) mass is 200 g/mol. The van der Waals surface area contributed by atoms with Crippen LogP contribution in [-0.4, -0.2) is 19.9 Å². The van der Waals surface area contributed by atoms with Crippen LogP contribution in [0.2, 0.25) is 0 Å². The molecule has 1 fully saturated rings. The average molecular weight is 200 g/mol. The van der Waals surface area contributed by atoms with Crippen LogP contribution in [-0.2, 0) is 9.47 Å². The lowest BCUT2D eigenvalue weighted by Crippen LogP contribution is -2.20. The molecule has 0 aromatic heterocycles. The molecule has 1 aliphatic carbocycles. The van der Waals surface area contributed by atoms with Crippen molar-refractivity contribution in [2.75, 3.05) is 13.7 Å². The van der Waals surface area contributed by atoms with Crippen LogP contribution in [0.1, 0.15) is 39.0 Å². The zero-order valence-corrected chi connectivity index (χ0v) is 9.12. The average Bonchev–Trinajstić information content (AvgIpc) is 2.26. The predicted molar refractivity (Wildman–Crippen MR) is 54.1 cm³/mol. The molecule has 0 spiro atoms. The lowest BCUT2D eigenvalue weighted by molar-refractivity contribution is 0.0514. The van der Waals surface area contributed by atoms with Crippen molar-refractivity contribution >= 4 is 6.16 Å². The Morgan fingerprint density at radius 2 is 1.79 bits per heavy atom. The number of hydrogen-bond donors (Lipinski definition) is 0. The van der Waals surface area contributed by atoms with E-state index in [4.69, 9.17) is 4.74 Å². The summed E-state index contributed by atoms with van der Waals surface area (Å²) in [7, 11) is 1.34. The third kappa shape index (κ3) is 3.56. The topological polar surface area (TPSA) is 35.5 Å². The van der Waals surface area contributed by atoms with E-state index in [-0.39, 0.29) is 0 Å². The first-order valence-electron chi connectivity index (χ1n) is 5.47. The Kier molecular flexibility index (Phi) is 4.77. The molecule has 0 heterocycles. The lowest BCUT2D eigenvalue weighted by atomic mass is 9.81. The van der Waals surface area contributed by atoms with Gasteiger partial charge in [-0.2, -0.15) is 0 Å². The molecule has 0 unspecified atom stereocenters. The molecule has 82 valence electrons. The first kappa shape index (κ1) is 11.3. The molecule has 0 bridgehead atoms. The minimum absolute atomic E-state index is 0.531. The maximum absolute atomic E-state index is 10.7. The van der Waals surface area contributed by atoms with Gasteiger partial charge in [0.1, 0.15) is 0 Å². The largest absolute Gasteiger partial charge is 0.507 e. The summed E-state index contributed by atoms with van der Waals surface area (Å²) in [6.07, 6.45) is 5.68. The van der Waals surface area contributed by atoms with E-state index in [9.17, 15) is 4.79 Å². The summed E-state index contributed by atoms with van der Waals surface area (Å²) in [5.41, 5.74) is 0. The van der Waals surface area contributed by atoms with Crippen LogP contribution in [0, 0.1) is 11.8 Å². The van der Waals surface area contributed by atoms with Gasteiger partial charge in [-0.1, -0.05) is 26.2 Å². The Hall–Kier alpha value is -0.730. The van der Waals surface area contributed by atoms with Crippen LogP contribution < -0.4 is 0 Å². The van der Waals surface area contributed by atoms with Gasteiger partial charge in [0.15, 0.2) is 0 Å². The molecule has 3 heteroatoms. The van der Waals surface area contributed by atoms with Crippen LogP contribution >= 0.6 is 0 Å². The van der Waals surface area contributed by atoms with Gasteiger partial charge in [-0.3, -0.25) is 0 Å². The Morgan fingerprint density at radius 1 is 1.21 bits per heavy atom. The number of ether oxygens (including phenoxy) is 2. The molecule has 1 rings (SSSR count). The third-order valence-electron chi connectivity index (χ3n) is 3.15. The van der Waals surface area contributed by atoms with E-state index >= 15 is 0 Å². The Labute approximate surface area is 85.8 Å². The highest BCUT2D eigenvalue weighted by molar-refractivity contribution is 5.59. The first-order chi connectivity index (χ1) is 6.76.